The highest BCUT2D eigenvalue weighted by atomic mass is 32.1. The van der Waals surface area contributed by atoms with Gasteiger partial charge in [-0.05, 0) is 50.5 Å². The van der Waals surface area contributed by atoms with Crippen molar-refractivity contribution in [1.29, 1.82) is 0 Å². The molecule has 2 aromatic rings. The van der Waals surface area contributed by atoms with Crippen molar-refractivity contribution in [3.63, 3.8) is 0 Å². The molecule has 6 nitrogen and oxygen atoms in total. The molecule has 132 valence electrons. The maximum Gasteiger partial charge on any atom is 0.322 e. The van der Waals surface area contributed by atoms with Gasteiger partial charge in [0.25, 0.3) is 5.91 Å². The minimum absolute atomic E-state index is 0.0508. The Bertz CT molecular complexity index is 760. The Morgan fingerprint density at radius 1 is 1.40 bits per heavy atom. The number of likely N-dealkylation sites (tertiary alicyclic amines) is 1. The van der Waals surface area contributed by atoms with Crippen molar-refractivity contribution in [2.75, 3.05) is 18.4 Å². The van der Waals surface area contributed by atoms with Crippen LogP contribution in [-0.2, 0) is 0 Å². The molecule has 0 aliphatic carbocycles. The van der Waals surface area contributed by atoms with Crippen molar-refractivity contribution in [2.45, 2.75) is 32.7 Å². The SMILES string of the molecule is CCNC(=O)c1ccc(NC(=O)N2CCC[C@@H]2c2nccs2)c(C)c1. The summed E-state index contributed by atoms with van der Waals surface area (Å²) in [4.78, 5) is 30.8. The summed E-state index contributed by atoms with van der Waals surface area (Å²) in [6, 6.07) is 5.24. The van der Waals surface area contributed by atoms with Crippen molar-refractivity contribution in [3.8, 4) is 0 Å². The Labute approximate surface area is 151 Å². The molecular weight excluding hydrogens is 336 g/mol. The second-order valence-electron chi connectivity index (χ2n) is 6.04. The molecule has 0 spiro atoms. The number of aryl methyl sites for hydroxylation is 1. The van der Waals surface area contributed by atoms with Gasteiger partial charge in [0.15, 0.2) is 0 Å². The van der Waals surface area contributed by atoms with Gasteiger partial charge in [-0.15, -0.1) is 11.3 Å². The number of hydrogen-bond donors (Lipinski definition) is 2. The monoisotopic (exact) mass is 358 g/mol. The highest BCUT2D eigenvalue weighted by Gasteiger charge is 2.31. The predicted molar refractivity (Wildman–Crippen MR) is 99.0 cm³/mol. The van der Waals surface area contributed by atoms with E-state index in [0.29, 0.717) is 12.1 Å². The van der Waals surface area contributed by atoms with E-state index in [0.717, 1.165) is 35.6 Å². The molecule has 3 rings (SSSR count). The van der Waals surface area contributed by atoms with Crippen LogP contribution in [0.4, 0.5) is 10.5 Å². The standard InChI is InChI=1S/C18H22N4O2S/c1-3-19-16(23)13-6-7-14(12(2)11-13)21-18(24)22-9-4-5-15(22)17-20-8-10-25-17/h6-8,10-11,15H,3-5,9H2,1-2H3,(H,19,23)(H,21,24)/t15-/m1/s1. The topological polar surface area (TPSA) is 74.3 Å². The number of hydrogen-bond acceptors (Lipinski definition) is 4. The number of thiazole rings is 1. The molecule has 1 aromatic heterocycles. The largest absolute Gasteiger partial charge is 0.352 e. The van der Waals surface area contributed by atoms with Crippen molar-refractivity contribution in [2.24, 2.45) is 0 Å². The molecule has 2 heterocycles. The number of urea groups is 1. The third-order valence-electron chi connectivity index (χ3n) is 4.32. The van der Waals surface area contributed by atoms with E-state index < -0.39 is 0 Å². The minimum atomic E-state index is -0.119. The van der Waals surface area contributed by atoms with Crippen molar-refractivity contribution < 1.29 is 9.59 Å². The lowest BCUT2D eigenvalue weighted by Gasteiger charge is -2.24. The summed E-state index contributed by atoms with van der Waals surface area (Å²) in [7, 11) is 0. The molecule has 1 saturated heterocycles. The van der Waals surface area contributed by atoms with Crippen LogP contribution in [0, 0.1) is 6.92 Å². The molecule has 1 aliphatic rings. The molecule has 1 atom stereocenters. The Kier molecular flexibility index (Phi) is 5.33. The second kappa shape index (κ2) is 7.65. The van der Waals surface area contributed by atoms with Crippen LogP contribution in [-0.4, -0.2) is 34.9 Å². The zero-order valence-electron chi connectivity index (χ0n) is 14.4. The summed E-state index contributed by atoms with van der Waals surface area (Å²) in [5.74, 6) is -0.105. The van der Waals surface area contributed by atoms with Crippen LogP contribution >= 0.6 is 11.3 Å². The van der Waals surface area contributed by atoms with E-state index in [4.69, 9.17) is 0 Å². The van der Waals surface area contributed by atoms with Gasteiger partial charge in [-0.1, -0.05) is 0 Å². The van der Waals surface area contributed by atoms with E-state index in [2.05, 4.69) is 15.6 Å². The summed E-state index contributed by atoms with van der Waals surface area (Å²) in [5.41, 5.74) is 2.18. The number of nitrogens with one attached hydrogen (secondary N) is 2. The molecule has 0 saturated carbocycles. The molecule has 0 unspecified atom stereocenters. The van der Waals surface area contributed by atoms with Gasteiger partial charge in [-0.3, -0.25) is 4.79 Å². The van der Waals surface area contributed by atoms with Gasteiger partial charge in [-0.25, -0.2) is 9.78 Å². The third-order valence-corrected chi connectivity index (χ3v) is 5.19. The first-order valence-corrected chi connectivity index (χ1v) is 9.34. The van der Waals surface area contributed by atoms with E-state index in [9.17, 15) is 9.59 Å². The van der Waals surface area contributed by atoms with E-state index in [1.54, 1.807) is 35.7 Å². The van der Waals surface area contributed by atoms with Gasteiger partial charge in [0.1, 0.15) is 5.01 Å². The van der Waals surface area contributed by atoms with Crippen LogP contribution in [0.15, 0.2) is 29.8 Å². The molecule has 7 heteroatoms. The van der Waals surface area contributed by atoms with Crippen molar-refractivity contribution in [3.05, 3.63) is 45.9 Å². The Morgan fingerprint density at radius 2 is 2.24 bits per heavy atom. The lowest BCUT2D eigenvalue weighted by Crippen LogP contribution is -2.34. The van der Waals surface area contributed by atoms with Crippen LogP contribution in [0.1, 0.15) is 46.7 Å². The molecule has 0 bridgehead atoms. The first-order valence-electron chi connectivity index (χ1n) is 8.46. The number of anilines is 1. The van der Waals surface area contributed by atoms with Crippen LogP contribution in [0.2, 0.25) is 0 Å². The molecule has 1 aromatic carbocycles. The summed E-state index contributed by atoms with van der Waals surface area (Å²) < 4.78 is 0. The molecule has 2 N–H and O–H groups in total. The highest BCUT2D eigenvalue weighted by molar-refractivity contribution is 7.09. The lowest BCUT2D eigenvalue weighted by atomic mass is 10.1. The fraction of sp³-hybridized carbons (Fsp3) is 0.389. The average Bonchev–Trinajstić information content (AvgIpc) is 3.27. The molecular formula is C18H22N4O2S. The number of benzene rings is 1. The highest BCUT2D eigenvalue weighted by Crippen LogP contribution is 2.33. The van der Waals surface area contributed by atoms with Gasteiger partial charge in [0, 0.05) is 35.9 Å². The number of rotatable bonds is 4. The number of carbonyl (C=O) groups is 2. The molecule has 25 heavy (non-hydrogen) atoms. The van der Waals surface area contributed by atoms with E-state index in [1.165, 1.54) is 0 Å². The van der Waals surface area contributed by atoms with Gasteiger partial charge < -0.3 is 15.5 Å². The Hall–Kier alpha value is -2.41. The van der Waals surface area contributed by atoms with Gasteiger partial charge in [0.05, 0.1) is 6.04 Å². The summed E-state index contributed by atoms with van der Waals surface area (Å²) >= 11 is 1.58. The van der Waals surface area contributed by atoms with Crippen LogP contribution in [0.25, 0.3) is 0 Å². The molecule has 0 radical (unpaired) electrons. The number of aromatic nitrogens is 1. The first kappa shape index (κ1) is 17.4. The third kappa shape index (κ3) is 3.82. The fourth-order valence-corrected chi connectivity index (χ4v) is 3.85. The number of amides is 3. The first-order chi connectivity index (χ1) is 12.1. The Morgan fingerprint density at radius 3 is 2.92 bits per heavy atom. The summed E-state index contributed by atoms with van der Waals surface area (Å²) in [5, 5.41) is 8.67. The van der Waals surface area contributed by atoms with E-state index in [-0.39, 0.29) is 18.0 Å². The number of carbonyl (C=O) groups excluding carboxylic acids is 2. The average molecular weight is 358 g/mol. The fourth-order valence-electron chi connectivity index (χ4n) is 3.06. The lowest BCUT2D eigenvalue weighted by molar-refractivity contribution is 0.0955. The van der Waals surface area contributed by atoms with Gasteiger partial charge in [0.2, 0.25) is 0 Å². The second-order valence-corrected chi connectivity index (χ2v) is 6.97. The smallest absolute Gasteiger partial charge is 0.322 e. The normalized spacial score (nSPS) is 16.7. The van der Waals surface area contributed by atoms with Crippen LogP contribution < -0.4 is 10.6 Å². The van der Waals surface area contributed by atoms with Crippen LogP contribution in [0.3, 0.4) is 0 Å². The molecule has 3 amide bonds. The molecule has 1 aliphatic heterocycles. The van der Waals surface area contributed by atoms with E-state index >= 15 is 0 Å². The van der Waals surface area contributed by atoms with E-state index in [1.807, 2.05) is 24.1 Å². The number of nitrogens with zero attached hydrogens (tertiary/aromatic N) is 2. The zero-order chi connectivity index (χ0) is 17.8. The summed E-state index contributed by atoms with van der Waals surface area (Å²) in [6.45, 7) is 5.09. The molecule has 1 fully saturated rings. The maximum atomic E-state index is 12.7. The predicted octanol–water partition coefficient (Wildman–Crippen LogP) is 3.57. The quantitative estimate of drug-likeness (QED) is 0.877. The van der Waals surface area contributed by atoms with Crippen molar-refractivity contribution >= 4 is 29.0 Å². The summed E-state index contributed by atoms with van der Waals surface area (Å²) in [6.07, 6.45) is 3.70. The minimum Gasteiger partial charge on any atom is -0.352 e. The maximum absolute atomic E-state index is 12.7. The van der Waals surface area contributed by atoms with Crippen LogP contribution in [0.5, 0.6) is 0 Å². The van der Waals surface area contributed by atoms with Gasteiger partial charge in [-0.2, -0.15) is 0 Å². The van der Waals surface area contributed by atoms with Crippen molar-refractivity contribution in [1.82, 2.24) is 15.2 Å². The Balaban J connectivity index is 1.71. The zero-order valence-corrected chi connectivity index (χ0v) is 15.2. The van der Waals surface area contributed by atoms with Gasteiger partial charge >= 0.3 is 6.03 Å².